The van der Waals surface area contributed by atoms with E-state index in [1.807, 2.05) is 60.7 Å². The molecule has 1 N–H and O–H groups in total. The summed E-state index contributed by atoms with van der Waals surface area (Å²) in [6, 6.07) is 24.5. The first-order valence-corrected chi connectivity index (χ1v) is 12.5. The number of amides is 4. The van der Waals surface area contributed by atoms with E-state index >= 15 is 0 Å². The van der Waals surface area contributed by atoms with Crippen LogP contribution >= 0.6 is 0 Å². The number of nitrogens with one attached hydrogen (secondary N) is 1. The van der Waals surface area contributed by atoms with Gasteiger partial charge in [0.25, 0.3) is 0 Å². The highest BCUT2D eigenvalue weighted by Crippen LogP contribution is 2.25. The zero-order valence-electron chi connectivity index (χ0n) is 21.6. The number of anilines is 1. The minimum absolute atomic E-state index is 0.000196. The Hall–Kier alpha value is -4.24. The molecule has 0 aromatic heterocycles. The number of halogens is 1. The van der Waals surface area contributed by atoms with Crippen molar-refractivity contribution in [2.24, 2.45) is 0 Å². The van der Waals surface area contributed by atoms with Crippen molar-refractivity contribution in [1.29, 1.82) is 0 Å². The zero-order valence-corrected chi connectivity index (χ0v) is 21.6. The minimum atomic E-state index is -0.781. The summed E-state index contributed by atoms with van der Waals surface area (Å²) in [7, 11) is 1.69. The maximum atomic E-state index is 13.5. The van der Waals surface area contributed by atoms with Gasteiger partial charge in [-0.15, -0.1) is 0 Å². The maximum absolute atomic E-state index is 13.5. The van der Waals surface area contributed by atoms with Crippen molar-refractivity contribution in [1.82, 2.24) is 20.2 Å². The molecule has 1 aliphatic heterocycles. The van der Waals surface area contributed by atoms with E-state index in [-0.39, 0.29) is 36.8 Å². The lowest BCUT2D eigenvalue weighted by Gasteiger charge is -2.49. The molecule has 1 fully saturated rings. The van der Waals surface area contributed by atoms with Crippen molar-refractivity contribution in [3.05, 3.63) is 102 Å². The van der Waals surface area contributed by atoms with E-state index < -0.39 is 6.17 Å². The topological polar surface area (TPSA) is 76.2 Å². The van der Waals surface area contributed by atoms with Crippen molar-refractivity contribution in [3.8, 4) is 0 Å². The average Bonchev–Trinajstić information content (AvgIpc) is 2.91. The summed E-state index contributed by atoms with van der Waals surface area (Å²) < 4.78 is 13.3. The van der Waals surface area contributed by atoms with Gasteiger partial charge in [0.15, 0.2) is 0 Å². The van der Waals surface area contributed by atoms with E-state index in [1.165, 1.54) is 24.1 Å². The molecule has 9 heteroatoms. The summed E-state index contributed by atoms with van der Waals surface area (Å²) >= 11 is 0. The Morgan fingerprint density at radius 3 is 2.21 bits per heavy atom. The summed E-state index contributed by atoms with van der Waals surface area (Å²) in [5.74, 6) is -0.695. The van der Waals surface area contributed by atoms with Gasteiger partial charge in [-0.3, -0.25) is 14.5 Å². The molecule has 0 bridgehead atoms. The quantitative estimate of drug-likeness (QED) is 0.495. The molecule has 1 unspecified atom stereocenters. The minimum Gasteiger partial charge on any atom is -0.339 e. The second-order valence-electron chi connectivity index (χ2n) is 9.23. The number of urea groups is 1. The molecule has 38 heavy (non-hydrogen) atoms. The van der Waals surface area contributed by atoms with Gasteiger partial charge in [0.05, 0.1) is 13.1 Å². The molecule has 1 saturated heterocycles. The highest BCUT2D eigenvalue weighted by atomic mass is 19.1. The first-order valence-electron chi connectivity index (χ1n) is 12.5. The number of nitrogens with zero attached hydrogens (tertiary/aromatic N) is 4. The molecule has 0 saturated carbocycles. The Morgan fingerprint density at radius 2 is 1.58 bits per heavy atom. The fraction of sp³-hybridized carbons (Fsp3) is 0.276. The standard InChI is InChI=1S/C29H32FN5O3/c1-22(36)33(18-17-23-13-15-25(30)16-14-23)20-27-34(26-11-7-4-8-12-26)28(37)21-32(2)35(27)29(38)31-19-24-9-5-3-6-10-24/h3-16,27H,17-21H2,1-2H3,(H,31,38). The van der Waals surface area contributed by atoms with Crippen LogP contribution in [0.4, 0.5) is 14.9 Å². The van der Waals surface area contributed by atoms with Crippen molar-refractivity contribution in [2.45, 2.75) is 26.1 Å². The lowest BCUT2D eigenvalue weighted by atomic mass is 10.1. The lowest BCUT2D eigenvalue weighted by Crippen LogP contribution is -2.70. The number of hydrogen-bond acceptors (Lipinski definition) is 4. The molecule has 0 spiro atoms. The third-order valence-electron chi connectivity index (χ3n) is 6.52. The summed E-state index contributed by atoms with van der Waals surface area (Å²) in [4.78, 5) is 42.8. The van der Waals surface area contributed by atoms with Crippen LogP contribution < -0.4 is 10.2 Å². The van der Waals surface area contributed by atoms with Gasteiger partial charge in [-0.2, -0.15) is 0 Å². The van der Waals surface area contributed by atoms with Crippen molar-refractivity contribution >= 4 is 23.5 Å². The normalized spacial score (nSPS) is 15.9. The van der Waals surface area contributed by atoms with E-state index in [0.717, 1.165) is 11.1 Å². The van der Waals surface area contributed by atoms with Crippen molar-refractivity contribution in [2.75, 3.05) is 31.6 Å². The second-order valence-corrected chi connectivity index (χ2v) is 9.23. The van der Waals surface area contributed by atoms with Gasteiger partial charge < -0.3 is 10.2 Å². The van der Waals surface area contributed by atoms with Crippen LogP contribution in [0.25, 0.3) is 0 Å². The van der Waals surface area contributed by atoms with Crippen LogP contribution in [0, 0.1) is 5.82 Å². The molecule has 4 amide bonds. The van der Waals surface area contributed by atoms with E-state index in [4.69, 9.17) is 0 Å². The Bertz CT molecular complexity index is 1240. The van der Waals surface area contributed by atoms with E-state index in [0.29, 0.717) is 25.2 Å². The Labute approximate surface area is 222 Å². The zero-order chi connectivity index (χ0) is 27.1. The molecular formula is C29H32FN5O3. The molecule has 1 atom stereocenters. The number of para-hydroxylation sites is 1. The molecule has 1 heterocycles. The third-order valence-corrected chi connectivity index (χ3v) is 6.52. The maximum Gasteiger partial charge on any atom is 0.334 e. The summed E-state index contributed by atoms with van der Waals surface area (Å²) in [6.45, 7) is 2.22. The van der Waals surface area contributed by atoms with Gasteiger partial charge in [0.2, 0.25) is 11.8 Å². The predicted octanol–water partition coefficient (Wildman–Crippen LogP) is 3.65. The largest absolute Gasteiger partial charge is 0.339 e. The van der Waals surface area contributed by atoms with Crippen LogP contribution in [-0.4, -0.2) is 65.6 Å². The monoisotopic (exact) mass is 517 g/mol. The van der Waals surface area contributed by atoms with Gasteiger partial charge in [-0.1, -0.05) is 60.7 Å². The third kappa shape index (κ3) is 6.54. The van der Waals surface area contributed by atoms with Crippen LogP contribution in [0.5, 0.6) is 0 Å². The van der Waals surface area contributed by atoms with Crippen LogP contribution in [-0.2, 0) is 22.6 Å². The number of benzene rings is 3. The summed E-state index contributed by atoms with van der Waals surface area (Å²) in [6.07, 6.45) is -0.279. The fourth-order valence-electron chi connectivity index (χ4n) is 4.55. The Morgan fingerprint density at radius 1 is 0.947 bits per heavy atom. The smallest absolute Gasteiger partial charge is 0.334 e. The van der Waals surface area contributed by atoms with Gasteiger partial charge >= 0.3 is 6.03 Å². The van der Waals surface area contributed by atoms with Gasteiger partial charge in [-0.05, 0) is 41.8 Å². The molecule has 198 valence electrons. The molecular weight excluding hydrogens is 485 g/mol. The van der Waals surface area contributed by atoms with Crippen LogP contribution in [0.15, 0.2) is 84.9 Å². The Balaban J connectivity index is 1.61. The molecule has 0 aliphatic carbocycles. The molecule has 1 aliphatic rings. The first kappa shape index (κ1) is 26.8. The van der Waals surface area contributed by atoms with E-state index in [9.17, 15) is 18.8 Å². The van der Waals surface area contributed by atoms with E-state index in [2.05, 4.69) is 5.32 Å². The lowest BCUT2D eigenvalue weighted by molar-refractivity contribution is -0.138. The van der Waals surface area contributed by atoms with Gasteiger partial charge in [-0.25, -0.2) is 19.2 Å². The molecule has 0 radical (unpaired) electrons. The Kier molecular flexibility index (Phi) is 8.70. The van der Waals surface area contributed by atoms with Gasteiger partial charge in [0, 0.05) is 32.7 Å². The van der Waals surface area contributed by atoms with Crippen molar-refractivity contribution < 1.29 is 18.8 Å². The SMILES string of the molecule is CC(=O)N(CCc1ccc(F)cc1)CC1N(c2ccccc2)C(=O)CN(C)N1C(=O)NCc1ccccc1. The summed E-state index contributed by atoms with van der Waals surface area (Å²) in [5.41, 5.74) is 2.46. The second kappa shape index (κ2) is 12.3. The fourth-order valence-corrected chi connectivity index (χ4v) is 4.55. The molecule has 3 aromatic rings. The number of carbonyl (C=O) groups is 3. The number of carbonyl (C=O) groups excluding carboxylic acids is 3. The predicted molar refractivity (Wildman–Crippen MR) is 143 cm³/mol. The number of likely N-dealkylation sites (N-methyl/N-ethyl adjacent to an activating group) is 1. The molecule has 3 aromatic carbocycles. The van der Waals surface area contributed by atoms with E-state index in [1.54, 1.807) is 34.0 Å². The molecule has 4 rings (SSSR count). The first-order chi connectivity index (χ1) is 18.3. The highest BCUT2D eigenvalue weighted by Gasteiger charge is 2.42. The number of hydrazine groups is 1. The van der Waals surface area contributed by atoms with Crippen LogP contribution in [0.3, 0.4) is 0 Å². The number of rotatable bonds is 8. The number of hydrogen-bond donors (Lipinski definition) is 1. The van der Waals surface area contributed by atoms with Crippen LogP contribution in [0.2, 0.25) is 0 Å². The molecule has 8 nitrogen and oxygen atoms in total. The summed E-state index contributed by atoms with van der Waals surface area (Å²) in [5, 5.41) is 6.04. The highest BCUT2D eigenvalue weighted by molar-refractivity contribution is 5.97. The van der Waals surface area contributed by atoms with Crippen LogP contribution in [0.1, 0.15) is 18.1 Å². The average molecular weight is 518 g/mol. The van der Waals surface area contributed by atoms with Crippen molar-refractivity contribution in [3.63, 3.8) is 0 Å². The van der Waals surface area contributed by atoms with Gasteiger partial charge in [0.1, 0.15) is 12.0 Å².